The summed E-state index contributed by atoms with van der Waals surface area (Å²) in [5, 5.41) is 9.68. The second-order valence-electron chi connectivity index (χ2n) is 3.22. The molecule has 2 nitrogen and oxygen atoms in total. The highest BCUT2D eigenvalue weighted by molar-refractivity contribution is 9.11. The van der Waals surface area contributed by atoms with Crippen LogP contribution in [0.3, 0.4) is 0 Å². The summed E-state index contributed by atoms with van der Waals surface area (Å²) in [5.41, 5.74) is 1.73. The molecular weight excluding hydrogens is 293 g/mol. The van der Waals surface area contributed by atoms with Gasteiger partial charge in [-0.25, -0.2) is 9.37 Å². The van der Waals surface area contributed by atoms with Gasteiger partial charge in [0, 0.05) is 18.6 Å². The summed E-state index contributed by atoms with van der Waals surface area (Å²) in [7, 11) is 0. The highest BCUT2D eigenvalue weighted by atomic mass is 79.9. The number of hydrogen-bond donors (Lipinski definition) is 1. The molecule has 0 amide bonds. The Morgan fingerprint density at radius 1 is 1.31 bits per heavy atom. The molecule has 2 aromatic rings. The Morgan fingerprint density at radius 3 is 2.62 bits per heavy atom. The Kier molecular flexibility index (Phi) is 3.68. The Balaban J connectivity index is 2.33. The number of aliphatic hydroxyl groups is 1. The molecule has 0 radical (unpaired) electrons. The van der Waals surface area contributed by atoms with Crippen LogP contribution in [0.2, 0.25) is 0 Å². The van der Waals surface area contributed by atoms with Gasteiger partial charge in [0.15, 0.2) is 0 Å². The predicted octanol–water partition coefficient (Wildman–Crippen LogP) is 3.25. The first kappa shape index (κ1) is 11.7. The highest BCUT2D eigenvalue weighted by Gasteiger charge is 2.09. The van der Waals surface area contributed by atoms with E-state index in [4.69, 9.17) is 5.11 Å². The highest BCUT2D eigenvalue weighted by Crippen LogP contribution is 2.32. The summed E-state index contributed by atoms with van der Waals surface area (Å²) in [6.45, 7) is 0.0746. The SMILES string of the molecule is OCCc1nc(-c2ccc(F)cc2)sc1Br. The molecule has 0 saturated heterocycles. The zero-order valence-electron chi connectivity index (χ0n) is 8.28. The van der Waals surface area contributed by atoms with Crippen LogP contribution in [0.1, 0.15) is 5.69 Å². The molecule has 0 saturated carbocycles. The standard InChI is InChI=1S/C11H9BrFNOS/c12-10-9(5-6-15)14-11(16-10)7-1-3-8(13)4-2-7/h1-4,15H,5-6H2. The van der Waals surface area contributed by atoms with Crippen LogP contribution >= 0.6 is 27.3 Å². The number of thiazole rings is 1. The summed E-state index contributed by atoms with van der Waals surface area (Å²) < 4.78 is 13.7. The van der Waals surface area contributed by atoms with Crippen LogP contribution in [0.5, 0.6) is 0 Å². The van der Waals surface area contributed by atoms with Gasteiger partial charge in [-0.2, -0.15) is 0 Å². The molecule has 2 rings (SSSR count). The molecule has 0 aliphatic heterocycles. The summed E-state index contributed by atoms with van der Waals surface area (Å²) in [4.78, 5) is 4.39. The van der Waals surface area contributed by atoms with E-state index in [0.29, 0.717) is 6.42 Å². The van der Waals surface area contributed by atoms with Gasteiger partial charge < -0.3 is 5.11 Å². The number of hydrogen-bond acceptors (Lipinski definition) is 3. The molecule has 84 valence electrons. The van der Waals surface area contributed by atoms with Crippen molar-refractivity contribution in [3.63, 3.8) is 0 Å². The summed E-state index contributed by atoms with van der Waals surface area (Å²) >= 11 is 4.89. The van der Waals surface area contributed by atoms with Gasteiger partial charge in [0.05, 0.1) is 9.48 Å². The molecule has 0 fully saturated rings. The van der Waals surface area contributed by atoms with Gasteiger partial charge in [0.2, 0.25) is 0 Å². The minimum atomic E-state index is -0.255. The monoisotopic (exact) mass is 301 g/mol. The molecular formula is C11H9BrFNOS. The molecule has 0 unspecified atom stereocenters. The predicted molar refractivity (Wildman–Crippen MR) is 66.0 cm³/mol. The van der Waals surface area contributed by atoms with Crippen molar-refractivity contribution in [2.45, 2.75) is 6.42 Å². The lowest BCUT2D eigenvalue weighted by atomic mass is 10.2. The van der Waals surface area contributed by atoms with E-state index in [9.17, 15) is 4.39 Å². The molecule has 0 bridgehead atoms. The number of benzene rings is 1. The second-order valence-corrected chi connectivity index (χ2v) is 5.54. The van der Waals surface area contributed by atoms with Crippen molar-refractivity contribution in [3.05, 3.63) is 39.6 Å². The average Bonchev–Trinajstić information content (AvgIpc) is 2.62. The van der Waals surface area contributed by atoms with E-state index in [1.165, 1.54) is 23.5 Å². The fraction of sp³-hybridized carbons (Fsp3) is 0.182. The lowest BCUT2D eigenvalue weighted by Gasteiger charge is -1.95. The van der Waals surface area contributed by atoms with Crippen LogP contribution in [-0.2, 0) is 6.42 Å². The molecule has 5 heteroatoms. The second kappa shape index (κ2) is 5.03. The van der Waals surface area contributed by atoms with E-state index in [2.05, 4.69) is 20.9 Å². The molecule has 1 N–H and O–H groups in total. The van der Waals surface area contributed by atoms with Crippen molar-refractivity contribution in [2.75, 3.05) is 6.61 Å². The van der Waals surface area contributed by atoms with E-state index in [-0.39, 0.29) is 12.4 Å². The van der Waals surface area contributed by atoms with Gasteiger partial charge in [-0.05, 0) is 40.2 Å². The zero-order valence-corrected chi connectivity index (χ0v) is 10.7. The van der Waals surface area contributed by atoms with Gasteiger partial charge >= 0.3 is 0 Å². The Bertz CT molecular complexity index is 483. The maximum Gasteiger partial charge on any atom is 0.124 e. The van der Waals surface area contributed by atoms with E-state index < -0.39 is 0 Å². The summed E-state index contributed by atoms with van der Waals surface area (Å²) in [5.74, 6) is -0.255. The van der Waals surface area contributed by atoms with Crippen molar-refractivity contribution in [1.82, 2.24) is 4.98 Å². The normalized spacial score (nSPS) is 10.7. The third kappa shape index (κ3) is 2.48. The fourth-order valence-electron chi connectivity index (χ4n) is 1.31. The van der Waals surface area contributed by atoms with Crippen LogP contribution < -0.4 is 0 Å². The molecule has 0 spiro atoms. The molecule has 0 atom stereocenters. The Labute approximate surface area is 105 Å². The summed E-state index contributed by atoms with van der Waals surface area (Å²) in [6, 6.07) is 6.22. The van der Waals surface area contributed by atoms with E-state index in [1.54, 1.807) is 12.1 Å². The van der Waals surface area contributed by atoms with Gasteiger partial charge in [-0.1, -0.05) is 0 Å². The molecule has 1 aromatic heterocycles. The lowest BCUT2D eigenvalue weighted by Crippen LogP contribution is -1.91. The Morgan fingerprint density at radius 2 is 2.00 bits per heavy atom. The molecule has 0 aliphatic carbocycles. The van der Waals surface area contributed by atoms with Crippen molar-refractivity contribution in [1.29, 1.82) is 0 Å². The van der Waals surface area contributed by atoms with Crippen molar-refractivity contribution < 1.29 is 9.50 Å². The van der Waals surface area contributed by atoms with Crippen LogP contribution in [0.25, 0.3) is 10.6 Å². The minimum absolute atomic E-state index is 0.0746. The smallest absolute Gasteiger partial charge is 0.124 e. The lowest BCUT2D eigenvalue weighted by molar-refractivity contribution is 0.298. The molecule has 1 heterocycles. The number of aromatic nitrogens is 1. The molecule has 0 aliphatic rings. The fourth-order valence-corrected chi connectivity index (χ4v) is 2.90. The van der Waals surface area contributed by atoms with Gasteiger partial charge in [0.25, 0.3) is 0 Å². The third-order valence-corrected chi connectivity index (χ3v) is 3.97. The topological polar surface area (TPSA) is 33.1 Å². The van der Waals surface area contributed by atoms with Crippen LogP contribution in [-0.4, -0.2) is 16.7 Å². The van der Waals surface area contributed by atoms with Gasteiger partial charge in [-0.15, -0.1) is 11.3 Å². The van der Waals surface area contributed by atoms with Gasteiger partial charge in [-0.3, -0.25) is 0 Å². The average molecular weight is 302 g/mol. The minimum Gasteiger partial charge on any atom is -0.396 e. The number of rotatable bonds is 3. The number of halogens is 2. The maximum absolute atomic E-state index is 12.7. The van der Waals surface area contributed by atoms with E-state index >= 15 is 0 Å². The first-order valence-corrected chi connectivity index (χ1v) is 6.33. The maximum atomic E-state index is 12.7. The van der Waals surface area contributed by atoms with Crippen LogP contribution in [0.4, 0.5) is 4.39 Å². The van der Waals surface area contributed by atoms with E-state index in [1.807, 2.05) is 0 Å². The van der Waals surface area contributed by atoms with Crippen molar-refractivity contribution in [3.8, 4) is 10.6 Å². The Hall–Kier alpha value is -0.780. The first-order valence-electron chi connectivity index (χ1n) is 4.72. The molecule has 16 heavy (non-hydrogen) atoms. The first-order chi connectivity index (χ1) is 7.70. The zero-order chi connectivity index (χ0) is 11.5. The largest absolute Gasteiger partial charge is 0.396 e. The number of aliphatic hydroxyl groups excluding tert-OH is 1. The number of nitrogens with zero attached hydrogens (tertiary/aromatic N) is 1. The quantitative estimate of drug-likeness (QED) is 0.944. The van der Waals surface area contributed by atoms with Gasteiger partial charge in [0.1, 0.15) is 10.8 Å². The van der Waals surface area contributed by atoms with Crippen molar-refractivity contribution >= 4 is 27.3 Å². The third-order valence-electron chi connectivity index (χ3n) is 2.09. The van der Waals surface area contributed by atoms with Crippen LogP contribution in [0.15, 0.2) is 28.1 Å². The summed E-state index contributed by atoms with van der Waals surface area (Å²) in [6.07, 6.45) is 0.526. The van der Waals surface area contributed by atoms with E-state index in [0.717, 1.165) is 20.1 Å². The molecule has 1 aromatic carbocycles. The van der Waals surface area contributed by atoms with Crippen LogP contribution in [0, 0.1) is 5.82 Å². The van der Waals surface area contributed by atoms with Crippen molar-refractivity contribution in [2.24, 2.45) is 0 Å².